The third-order valence-corrected chi connectivity index (χ3v) is 1.28. The molecule has 0 aromatic rings. The molecule has 0 atom stereocenters. The summed E-state index contributed by atoms with van der Waals surface area (Å²) in [5.41, 5.74) is 0. The molecule has 0 fully saturated rings. The van der Waals surface area contributed by atoms with Gasteiger partial charge in [-0.25, -0.2) is 0 Å². The van der Waals surface area contributed by atoms with Crippen LogP contribution in [-0.4, -0.2) is 9.76 Å². The number of allylic oxidation sites excluding steroid dienone is 3. The van der Waals surface area contributed by atoms with Crippen molar-refractivity contribution < 1.29 is 4.43 Å². The molecule has 0 aliphatic carbocycles. The van der Waals surface area contributed by atoms with E-state index in [9.17, 15) is 0 Å². The van der Waals surface area contributed by atoms with Crippen molar-refractivity contribution in [3.8, 4) is 0 Å². The van der Waals surface area contributed by atoms with E-state index in [1.807, 2.05) is 38.6 Å². The first-order chi connectivity index (χ1) is 4.35. The highest BCUT2D eigenvalue weighted by molar-refractivity contribution is 6.25. The van der Waals surface area contributed by atoms with Crippen molar-refractivity contribution in [2.24, 2.45) is 0 Å². The van der Waals surface area contributed by atoms with Crippen molar-refractivity contribution in [3.05, 3.63) is 24.0 Å². The molecule has 0 aromatic carbocycles. The molecule has 0 heterocycles. The van der Waals surface area contributed by atoms with E-state index in [2.05, 4.69) is 0 Å². The van der Waals surface area contributed by atoms with Gasteiger partial charge in [-0.3, -0.25) is 0 Å². The van der Waals surface area contributed by atoms with Crippen LogP contribution in [0.15, 0.2) is 24.0 Å². The van der Waals surface area contributed by atoms with Crippen LogP contribution in [0.2, 0.25) is 6.55 Å². The highest BCUT2D eigenvalue weighted by atomic mass is 28.2. The normalized spacial score (nSPS) is 12.6. The molecule has 0 saturated heterocycles. The van der Waals surface area contributed by atoms with Crippen molar-refractivity contribution in [1.29, 1.82) is 0 Å². The number of rotatable bonds is 3. The monoisotopic (exact) mass is 140 g/mol. The summed E-state index contributed by atoms with van der Waals surface area (Å²) in [6, 6.07) is 0. The summed E-state index contributed by atoms with van der Waals surface area (Å²) >= 11 is 0. The van der Waals surface area contributed by atoms with Gasteiger partial charge in [-0.2, -0.15) is 0 Å². The molecule has 0 N–H and O–H groups in total. The van der Waals surface area contributed by atoms with Crippen LogP contribution < -0.4 is 0 Å². The Labute approximate surface area is 59.4 Å². The van der Waals surface area contributed by atoms with Gasteiger partial charge in [0.1, 0.15) is 0 Å². The first-order valence-corrected chi connectivity index (χ1v) is 4.38. The summed E-state index contributed by atoms with van der Waals surface area (Å²) < 4.78 is 5.23. The Hall–Kier alpha value is -0.503. The molecular formula is C7H12OSi. The zero-order valence-corrected chi connectivity index (χ0v) is 7.14. The minimum Gasteiger partial charge on any atom is -0.541 e. The van der Waals surface area contributed by atoms with E-state index < -0.39 is 0 Å². The van der Waals surface area contributed by atoms with Gasteiger partial charge in [-0.1, -0.05) is 6.08 Å². The molecule has 0 saturated carbocycles. The molecule has 0 amide bonds. The SMILES string of the molecule is C/C=C(/C=C/C)O[Si]C. The lowest BCUT2D eigenvalue weighted by atomic mass is 10.4. The quantitative estimate of drug-likeness (QED) is 0.331. The van der Waals surface area contributed by atoms with Crippen molar-refractivity contribution in [1.82, 2.24) is 0 Å². The molecule has 0 bridgehead atoms. The zero-order chi connectivity index (χ0) is 7.11. The Balaban J connectivity index is 3.70. The van der Waals surface area contributed by atoms with E-state index in [4.69, 9.17) is 4.43 Å². The Morgan fingerprint density at radius 3 is 2.44 bits per heavy atom. The van der Waals surface area contributed by atoms with E-state index in [-0.39, 0.29) is 0 Å². The van der Waals surface area contributed by atoms with Crippen LogP contribution in [0, 0.1) is 0 Å². The largest absolute Gasteiger partial charge is 0.541 e. The highest BCUT2D eigenvalue weighted by Gasteiger charge is 1.85. The van der Waals surface area contributed by atoms with E-state index in [1.54, 1.807) is 0 Å². The Morgan fingerprint density at radius 2 is 2.11 bits per heavy atom. The van der Waals surface area contributed by atoms with Gasteiger partial charge in [0.05, 0.1) is 5.76 Å². The lowest BCUT2D eigenvalue weighted by Crippen LogP contribution is -1.90. The fraction of sp³-hybridized carbons (Fsp3) is 0.429. The summed E-state index contributed by atoms with van der Waals surface area (Å²) in [6.45, 7) is 5.95. The molecule has 0 rings (SSSR count). The molecule has 2 heteroatoms. The minimum atomic E-state index is 0.535. The molecular weight excluding hydrogens is 128 g/mol. The highest BCUT2D eigenvalue weighted by Crippen LogP contribution is 1.96. The van der Waals surface area contributed by atoms with Gasteiger partial charge in [0.2, 0.25) is 0 Å². The van der Waals surface area contributed by atoms with E-state index in [0.717, 1.165) is 5.76 Å². The van der Waals surface area contributed by atoms with Crippen molar-refractivity contribution >= 4 is 9.76 Å². The summed E-state index contributed by atoms with van der Waals surface area (Å²) in [4.78, 5) is 0. The summed E-state index contributed by atoms with van der Waals surface area (Å²) in [6.07, 6.45) is 5.88. The first-order valence-electron chi connectivity index (χ1n) is 2.97. The summed E-state index contributed by atoms with van der Waals surface area (Å²) in [5.74, 6) is 0.957. The molecule has 9 heavy (non-hydrogen) atoms. The second-order valence-corrected chi connectivity index (χ2v) is 2.11. The lowest BCUT2D eigenvalue weighted by molar-refractivity contribution is 0.477. The summed E-state index contributed by atoms with van der Waals surface area (Å²) in [7, 11) is 0.535. The Morgan fingerprint density at radius 1 is 1.44 bits per heavy atom. The molecule has 50 valence electrons. The van der Waals surface area contributed by atoms with Crippen LogP contribution in [0.25, 0.3) is 0 Å². The van der Waals surface area contributed by atoms with E-state index >= 15 is 0 Å². The molecule has 1 nitrogen and oxygen atoms in total. The first kappa shape index (κ1) is 8.50. The second-order valence-electron chi connectivity index (χ2n) is 1.50. The third kappa shape index (κ3) is 4.03. The topological polar surface area (TPSA) is 9.23 Å². The molecule has 0 aromatic heterocycles. The maximum absolute atomic E-state index is 5.23. The van der Waals surface area contributed by atoms with Gasteiger partial charge in [-0.05, 0) is 32.5 Å². The number of hydrogen-bond donors (Lipinski definition) is 0. The third-order valence-electron chi connectivity index (χ3n) is 0.835. The average molecular weight is 140 g/mol. The maximum atomic E-state index is 5.23. The molecule has 2 radical (unpaired) electrons. The Bertz CT molecular complexity index is 116. The van der Waals surface area contributed by atoms with Crippen LogP contribution in [0.5, 0.6) is 0 Å². The Kier molecular flexibility index (Phi) is 5.32. The van der Waals surface area contributed by atoms with Gasteiger partial charge in [0.25, 0.3) is 0 Å². The van der Waals surface area contributed by atoms with Gasteiger partial charge >= 0.3 is 9.76 Å². The van der Waals surface area contributed by atoms with Crippen LogP contribution in [-0.2, 0) is 4.43 Å². The lowest BCUT2D eigenvalue weighted by Gasteiger charge is -1.99. The van der Waals surface area contributed by atoms with Gasteiger partial charge in [-0.15, -0.1) is 0 Å². The van der Waals surface area contributed by atoms with Crippen LogP contribution in [0.1, 0.15) is 13.8 Å². The second kappa shape index (κ2) is 5.63. The maximum Gasteiger partial charge on any atom is 0.307 e. The number of hydrogen-bond acceptors (Lipinski definition) is 1. The van der Waals surface area contributed by atoms with Crippen LogP contribution in [0.4, 0.5) is 0 Å². The molecule has 0 unspecified atom stereocenters. The van der Waals surface area contributed by atoms with Gasteiger partial charge in [0.15, 0.2) is 0 Å². The fourth-order valence-electron chi connectivity index (χ4n) is 0.471. The van der Waals surface area contributed by atoms with Crippen LogP contribution >= 0.6 is 0 Å². The standard InChI is InChI=1S/C7H12OSi/c1-4-6-7(5-2)8-9-3/h4-6H,1-3H3/b6-4+,7-5-. The van der Waals surface area contributed by atoms with E-state index in [1.165, 1.54) is 0 Å². The molecule has 0 aliphatic heterocycles. The fourth-order valence-corrected chi connectivity index (χ4v) is 0.893. The van der Waals surface area contributed by atoms with Crippen molar-refractivity contribution in [2.45, 2.75) is 20.4 Å². The predicted molar refractivity (Wildman–Crippen MR) is 41.3 cm³/mol. The average Bonchev–Trinajstić information content (AvgIpc) is 1.88. The van der Waals surface area contributed by atoms with Gasteiger partial charge in [0, 0.05) is 0 Å². The minimum absolute atomic E-state index is 0.535. The van der Waals surface area contributed by atoms with Crippen molar-refractivity contribution in [3.63, 3.8) is 0 Å². The molecule has 0 aliphatic rings. The summed E-state index contributed by atoms with van der Waals surface area (Å²) in [5, 5.41) is 0. The predicted octanol–water partition coefficient (Wildman–Crippen LogP) is 2.15. The van der Waals surface area contributed by atoms with Crippen molar-refractivity contribution in [2.75, 3.05) is 0 Å². The molecule has 0 spiro atoms. The smallest absolute Gasteiger partial charge is 0.307 e. The zero-order valence-electron chi connectivity index (χ0n) is 6.14. The van der Waals surface area contributed by atoms with Crippen LogP contribution in [0.3, 0.4) is 0 Å². The van der Waals surface area contributed by atoms with E-state index in [0.29, 0.717) is 9.76 Å². The van der Waals surface area contributed by atoms with Gasteiger partial charge < -0.3 is 4.43 Å².